The van der Waals surface area contributed by atoms with Gasteiger partial charge in [-0.25, -0.2) is 4.99 Å². The number of hydrogen-bond acceptors (Lipinski definition) is 1. The van der Waals surface area contributed by atoms with E-state index in [1.807, 2.05) is 0 Å². The molecule has 0 aliphatic carbocycles. The van der Waals surface area contributed by atoms with Crippen LogP contribution in [-0.4, -0.2) is 14.8 Å². The molecular formula is C49H37N3. The number of allylic oxidation sites excluding steroid dienone is 2. The molecule has 0 aliphatic rings. The minimum absolute atomic E-state index is 0.654. The van der Waals surface area contributed by atoms with Gasteiger partial charge in [-0.3, -0.25) is 4.57 Å². The third-order valence-electron chi connectivity index (χ3n) is 10.1. The summed E-state index contributed by atoms with van der Waals surface area (Å²) in [4.78, 5) is 5.47. The molecule has 0 radical (unpaired) electrons. The van der Waals surface area contributed by atoms with Crippen LogP contribution in [0, 0.1) is 0 Å². The van der Waals surface area contributed by atoms with Crippen molar-refractivity contribution in [2.24, 2.45) is 4.99 Å². The molecule has 2 heterocycles. The maximum atomic E-state index is 5.47. The number of fused-ring (bicyclic) bond motifs is 7. The highest BCUT2D eigenvalue weighted by atomic mass is 15.1. The van der Waals surface area contributed by atoms with Gasteiger partial charge in [0.05, 0.1) is 27.8 Å². The van der Waals surface area contributed by atoms with Crippen molar-refractivity contribution in [2.45, 2.75) is 13.3 Å². The van der Waals surface area contributed by atoms with E-state index in [4.69, 9.17) is 11.6 Å². The molecule has 0 amide bonds. The van der Waals surface area contributed by atoms with Gasteiger partial charge in [0.25, 0.3) is 0 Å². The normalized spacial score (nSPS) is 12.3. The van der Waals surface area contributed by atoms with Gasteiger partial charge < -0.3 is 4.57 Å². The molecule has 9 rings (SSSR count). The molecule has 3 nitrogen and oxygen atoms in total. The Labute approximate surface area is 303 Å². The van der Waals surface area contributed by atoms with Crippen LogP contribution in [0.2, 0.25) is 0 Å². The number of aliphatic imine (C=N–C) groups is 1. The van der Waals surface area contributed by atoms with E-state index in [-0.39, 0.29) is 0 Å². The van der Waals surface area contributed by atoms with Crippen LogP contribution < -0.4 is 0 Å². The van der Waals surface area contributed by atoms with Crippen LogP contribution in [0.15, 0.2) is 194 Å². The lowest BCUT2D eigenvalue weighted by atomic mass is 9.96. The number of nitrogens with zero attached hydrogens (tertiary/aromatic N) is 3. The van der Waals surface area contributed by atoms with Crippen molar-refractivity contribution in [3.8, 4) is 16.8 Å². The lowest BCUT2D eigenvalue weighted by Crippen LogP contribution is -2.03. The van der Waals surface area contributed by atoms with E-state index in [1.165, 1.54) is 38.4 Å². The molecule has 0 unspecified atom stereocenters. The molecule has 9 aromatic rings. The van der Waals surface area contributed by atoms with Crippen molar-refractivity contribution < 1.29 is 0 Å². The Balaban J connectivity index is 1.43. The Morgan fingerprint density at radius 1 is 0.577 bits per heavy atom. The molecule has 0 N–H and O–H groups in total. The zero-order chi connectivity index (χ0) is 35.0. The number of aromatic nitrogens is 2. The van der Waals surface area contributed by atoms with E-state index in [0.29, 0.717) is 5.82 Å². The van der Waals surface area contributed by atoms with Crippen molar-refractivity contribution in [2.75, 3.05) is 0 Å². The van der Waals surface area contributed by atoms with Gasteiger partial charge in [-0.2, -0.15) is 0 Å². The zero-order valence-electron chi connectivity index (χ0n) is 29.1. The minimum atomic E-state index is 0.654. The molecule has 0 bridgehead atoms. The van der Waals surface area contributed by atoms with Gasteiger partial charge in [-0.1, -0.05) is 159 Å². The van der Waals surface area contributed by atoms with Gasteiger partial charge in [0.15, 0.2) is 0 Å². The van der Waals surface area contributed by atoms with Crippen LogP contribution in [0.5, 0.6) is 0 Å². The Kier molecular flexibility index (Phi) is 7.94. The van der Waals surface area contributed by atoms with Gasteiger partial charge >= 0.3 is 0 Å². The fourth-order valence-electron chi connectivity index (χ4n) is 7.74. The second kappa shape index (κ2) is 13.2. The summed E-state index contributed by atoms with van der Waals surface area (Å²) in [7, 11) is 0. The van der Waals surface area contributed by atoms with E-state index in [1.54, 1.807) is 0 Å². The van der Waals surface area contributed by atoms with Gasteiger partial charge in [-0.05, 0) is 65.1 Å². The second-order valence-corrected chi connectivity index (χ2v) is 13.1. The molecule has 7 aromatic carbocycles. The standard InChI is InChI=1S/C49H37N3/c1-3-35(36-20-8-4-9-21-36)32-44(38-24-12-6-13-25-38)50-34(2)51-46-31-19-17-29-41(46)47-42(37-22-10-5-11-23-37)33-43-40-28-16-18-30-45(40)52(48(43)49(47)51)39-26-14-7-15-27-39/h4-33H,2-3H2,1H3/b35-32+,50-44?. The van der Waals surface area contributed by atoms with E-state index >= 15 is 0 Å². The Morgan fingerprint density at radius 3 is 1.81 bits per heavy atom. The topological polar surface area (TPSA) is 22.2 Å². The van der Waals surface area contributed by atoms with E-state index in [2.05, 4.69) is 198 Å². The highest BCUT2D eigenvalue weighted by molar-refractivity contribution is 6.28. The minimum Gasteiger partial charge on any atom is -0.307 e. The first-order valence-corrected chi connectivity index (χ1v) is 17.9. The number of rotatable bonds is 8. The van der Waals surface area contributed by atoms with Crippen molar-refractivity contribution in [1.29, 1.82) is 0 Å². The van der Waals surface area contributed by atoms with E-state index < -0.39 is 0 Å². The van der Waals surface area contributed by atoms with Crippen molar-refractivity contribution in [1.82, 2.24) is 9.13 Å². The molecule has 0 saturated carbocycles. The maximum absolute atomic E-state index is 5.47. The summed E-state index contributed by atoms with van der Waals surface area (Å²) in [6.45, 7) is 6.97. The first-order chi connectivity index (χ1) is 25.7. The molecule has 0 aliphatic heterocycles. The highest BCUT2D eigenvalue weighted by Crippen LogP contribution is 2.46. The largest absolute Gasteiger partial charge is 0.307 e. The third kappa shape index (κ3) is 5.26. The van der Waals surface area contributed by atoms with E-state index in [9.17, 15) is 0 Å². The summed E-state index contributed by atoms with van der Waals surface area (Å²) in [6, 6.07) is 62.3. The van der Waals surface area contributed by atoms with Gasteiger partial charge in [0.1, 0.15) is 5.82 Å². The third-order valence-corrected chi connectivity index (χ3v) is 10.1. The highest BCUT2D eigenvalue weighted by Gasteiger charge is 2.24. The van der Waals surface area contributed by atoms with Crippen LogP contribution in [0.1, 0.15) is 24.5 Å². The fourth-order valence-corrected chi connectivity index (χ4v) is 7.74. The van der Waals surface area contributed by atoms with Crippen LogP contribution in [-0.2, 0) is 0 Å². The maximum Gasteiger partial charge on any atom is 0.131 e. The SMILES string of the molecule is C=C(N=C(/C=C(\CC)c1ccccc1)c1ccccc1)n1c2ccccc2c2c(-c3ccccc3)cc3c4ccccc4n(-c4ccccc4)c3c21. The average molecular weight is 668 g/mol. The fraction of sp³-hybridized carbons (Fsp3) is 0.0408. The molecule has 2 aromatic heterocycles. The lowest BCUT2D eigenvalue weighted by molar-refractivity contribution is 1.15. The molecule has 3 heteroatoms. The number of para-hydroxylation sites is 3. The van der Waals surface area contributed by atoms with Crippen molar-refractivity contribution >= 4 is 60.7 Å². The second-order valence-electron chi connectivity index (χ2n) is 13.1. The van der Waals surface area contributed by atoms with Crippen LogP contribution in [0.3, 0.4) is 0 Å². The Morgan fingerprint density at radius 2 is 1.13 bits per heavy atom. The summed E-state index contributed by atoms with van der Waals surface area (Å²) < 4.78 is 4.71. The predicted molar refractivity (Wildman–Crippen MR) is 222 cm³/mol. The number of benzene rings is 7. The van der Waals surface area contributed by atoms with Gasteiger partial charge in [-0.15, -0.1) is 0 Å². The molecule has 0 saturated heterocycles. The lowest BCUT2D eigenvalue weighted by Gasteiger charge is -2.15. The smallest absolute Gasteiger partial charge is 0.131 e. The summed E-state index contributed by atoms with van der Waals surface area (Å²) >= 11 is 0. The molecule has 52 heavy (non-hydrogen) atoms. The molecule has 0 atom stereocenters. The summed E-state index contributed by atoms with van der Waals surface area (Å²) in [5, 5.41) is 4.73. The summed E-state index contributed by atoms with van der Waals surface area (Å²) in [5.74, 6) is 0.654. The zero-order valence-corrected chi connectivity index (χ0v) is 29.1. The first kappa shape index (κ1) is 31.3. The van der Waals surface area contributed by atoms with Crippen LogP contribution >= 0.6 is 0 Å². The average Bonchev–Trinajstić information content (AvgIpc) is 3.74. The van der Waals surface area contributed by atoms with Crippen molar-refractivity contribution in [3.63, 3.8) is 0 Å². The molecule has 0 fully saturated rings. The van der Waals surface area contributed by atoms with Gasteiger partial charge in [0.2, 0.25) is 0 Å². The number of hydrogen-bond donors (Lipinski definition) is 0. The summed E-state index contributed by atoms with van der Waals surface area (Å²) in [6.07, 6.45) is 3.10. The van der Waals surface area contributed by atoms with E-state index in [0.717, 1.165) is 50.8 Å². The monoisotopic (exact) mass is 667 g/mol. The Bertz CT molecular complexity index is 2800. The molecule has 0 spiro atoms. The van der Waals surface area contributed by atoms with Crippen LogP contribution in [0.4, 0.5) is 0 Å². The molecule has 248 valence electrons. The Hall–Kier alpha value is -6.71. The van der Waals surface area contributed by atoms with Crippen molar-refractivity contribution in [3.05, 3.63) is 200 Å². The summed E-state index contributed by atoms with van der Waals surface area (Å²) in [5.41, 5.74) is 12.2. The first-order valence-electron chi connectivity index (χ1n) is 17.9. The van der Waals surface area contributed by atoms with Gasteiger partial charge in [0, 0.05) is 32.8 Å². The predicted octanol–water partition coefficient (Wildman–Crippen LogP) is 13.0. The quantitative estimate of drug-likeness (QED) is 0.144. The van der Waals surface area contributed by atoms with Crippen LogP contribution in [0.25, 0.3) is 71.8 Å². The molecular weight excluding hydrogens is 631 g/mol.